The number of aromatic nitrogens is 16. The molecule has 0 aromatic carbocycles. The van der Waals surface area contributed by atoms with Crippen molar-refractivity contribution in [3.05, 3.63) is 143 Å². The predicted molar refractivity (Wildman–Crippen MR) is 225 cm³/mol. The highest BCUT2D eigenvalue weighted by molar-refractivity contribution is 7.71. The Morgan fingerprint density at radius 1 is 0.607 bits per heavy atom. The summed E-state index contributed by atoms with van der Waals surface area (Å²) in [6.07, 6.45) is 9.20. The van der Waals surface area contributed by atoms with Gasteiger partial charge < -0.3 is 35.5 Å². The number of anilines is 3. The molecule has 7 rings (SSSR count). The smallest absolute Gasteiger partial charge is 0.383 e. The number of nitrogen functional groups attached to an aromatic ring is 3. The summed E-state index contributed by atoms with van der Waals surface area (Å²) in [5.41, 5.74) is 16.8. The lowest BCUT2D eigenvalue weighted by molar-refractivity contribution is -0.694. The summed E-state index contributed by atoms with van der Waals surface area (Å²) in [4.78, 5) is 112. The zero-order chi connectivity index (χ0) is 46.5. The molecule has 0 bridgehead atoms. The second-order valence-corrected chi connectivity index (χ2v) is 13.2. The van der Waals surface area contributed by atoms with Crippen LogP contribution in [0.4, 0.5) is 17.6 Å². The highest BCUT2D eigenvalue weighted by Crippen LogP contribution is 2.15. The maximum absolute atomic E-state index is 10.9. The van der Waals surface area contributed by atoms with Gasteiger partial charge in [-0.05, 0) is 33.0 Å². The molecule has 27 nitrogen and oxygen atoms in total. The molecular weight excluding hydrogens is 823 g/mol. The number of nitrogens with two attached hydrogens (primary N) is 3. The molecule has 7 heterocycles. The molecule has 61 heavy (non-hydrogen) atoms. The van der Waals surface area contributed by atoms with E-state index in [0.717, 1.165) is 5.56 Å². The molecule has 28 heteroatoms. The normalized spacial score (nSPS) is 9.93. The first-order valence-electron chi connectivity index (χ1n) is 17.2. The van der Waals surface area contributed by atoms with Gasteiger partial charge in [0.1, 0.15) is 11.3 Å². The van der Waals surface area contributed by atoms with Crippen molar-refractivity contribution < 1.29 is 9.13 Å². The summed E-state index contributed by atoms with van der Waals surface area (Å²) in [5, 5.41) is 0. The fraction of sp³-hybridized carbons (Fsp3) is 0.303. The van der Waals surface area contributed by atoms with Gasteiger partial charge in [0.15, 0.2) is 28.9 Å². The van der Waals surface area contributed by atoms with E-state index < -0.39 is 22.8 Å². The number of aromatic amines is 5. The van der Waals surface area contributed by atoms with Gasteiger partial charge in [0.05, 0.1) is 27.5 Å². The highest BCUT2D eigenvalue weighted by atomic mass is 32.1. The van der Waals surface area contributed by atoms with Crippen LogP contribution >= 0.6 is 12.2 Å². The molecule has 7 aromatic heterocycles. The van der Waals surface area contributed by atoms with Crippen LogP contribution in [0.25, 0.3) is 11.2 Å². The van der Waals surface area contributed by atoms with Crippen LogP contribution in [0, 0.1) is 25.5 Å². The van der Waals surface area contributed by atoms with Gasteiger partial charge in [-0.15, -0.1) is 0 Å². The number of nitrogens with zero attached hydrogens (tertiary/aromatic N) is 11. The minimum Gasteiger partial charge on any atom is -0.383 e. The second kappa shape index (κ2) is 21.5. The summed E-state index contributed by atoms with van der Waals surface area (Å²) in [6.45, 7) is 5.20. The van der Waals surface area contributed by atoms with Gasteiger partial charge in [0.25, 0.3) is 11.1 Å². The molecule has 0 unspecified atom stereocenters. The highest BCUT2D eigenvalue weighted by Gasteiger charge is 2.07. The summed E-state index contributed by atoms with van der Waals surface area (Å²) < 4.78 is 10.4. The summed E-state index contributed by atoms with van der Waals surface area (Å²) in [7, 11) is 11.5. The zero-order valence-corrected chi connectivity index (χ0v) is 35.6. The molecule has 0 fully saturated rings. The van der Waals surface area contributed by atoms with Gasteiger partial charge in [0.2, 0.25) is 5.95 Å². The molecule has 0 aliphatic carbocycles. The fourth-order valence-corrected chi connectivity index (χ4v) is 4.32. The van der Waals surface area contributed by atoms with Gasteiger partial charge in [0, 0.05) is 63.5 Å². The van der Waals surface area contributed by atoms with Gasteiger partial charge in [-0.1, -0.05) is 0 Å². The summed E-state index contributed by atoms with van der Waals surface area (Å²) in [6, 6.07) is 0. The second-order valence-electron chi connectivity index (χ2n) is 12.8. The average molecular weight is 870 g/mol. The van der Waals surface area contributed by atoms with Crippen molar-refractivity contribution >= 4 is 41.0 Å². The van der Waals surface area contributed by atoms with Crippen LogP contribution < -0.4 is 71.6 Å². The number of imidazole rings is 1. The molecular formula is C33H47N19O8S+2. The van der Waals surface area contributed by atoms with Crippen LogP contribution in [0.5, 0.6) is 0 Å². The first kappa shape index (κ1) is 49.0. The van der Waals surface area contributed by atoms with Crippen molar-refractivity contribution in [2.24, 2.45) is 49.3 Å². The number of H-pyrrole nitrogens is 5. The number of hydrogen-bond donors (Lipinski definition) is 8. The average Bonchev–Trinajstić information content (AvgIpc) is 3.55. The molecule has 326 valence electrons. The van der Waals surface area contributed by atoms with Crippen LogP contribution in [-0.4, -0.2) is 67.7 Å². The Balaban J connectivity index is 0.000000253. The number of hydrogen-bond acceptors (Lipinski definition) is 16. The predicted octanol–water partition coefficient (Wildman–Crippen LogP) is -4.88. The SMILES string of the molecule is C[n+]1c[nH]c(=O)[nH]c1=O.Cc1cn(C)c(=O)[nH]c1=O.Cc1cn(C)c(=O)nc1N.Cc1cn(C)c(=S)[nH]c1=O.Cn1c[n+](C)c(=O)[nH]c1=O.Cn1cnc2c(N)nc(N)nc21. The summed E-state index contributed by atoms with van der Waals surface area (Å²) >= 11 is 4.81. The Labute approximate surface area is 347 Å². The van der Waals surface area contributed by atoms with E-state index in [2.05, 4.69) is 39.9 Å². The van der Waals surface area contributed by atoms with Crippen LogP contribution in [0.3, 0.4) is 0 Å². The first-order valence-corrected chi connectivity index (χ1v) is 17.6. The standard InChI is InChI=1S/C6H8N6.C6H9N3O.C6H8N2O2.C6H8N2OS.C5H7N3O2.C4H5N3O2/c1-12-2-9-3-4(7)10-6(8)11-5(3)12;1-4-3-9(2)6(10)8-5(4)7;2*1-4-3-8(2)6(10)7-5(4)9;1-7-3-8(2)5(10)6-4(7)9;1-7-2-5-3(8)6-4(7)9/h2H,1H3,(H4,7,8,10,11);3H,1-2H3,(H2,7,8,10);2*3H,1-2H3,(H,7,9,10);3H,1-2H3;2H,1H3,(H,6,8,9)/p+2. The zero-order valence-electron chi connectivity index (χ0n) is 34.8. The Kier molecular flexibility index (Phi) is 17.3. The van der Waals surface area contributed by atoms with E-state index >= 15 is 0 Å². The van der Waals surface area contributed by atoms with Crippen LogP contribution in [0.15, 0.2) is 75.9 Å². The minimum atomic E-state index is -0.488. The Hall–Kier alpha value is -8.17. The van der Waals surface area contributed by atoms with Crippen molar-refractivity contribution in [1.82, 2.24) is 67.7 Å². The van der Waals surface area contributed by atoms with Crippen LogP contribution in [-0.2, 0) is 49.3 Å². The number of nitrogens with one attached hydrogen (secondary N) is 5. The maximum atomic E-state index is 10.9. The third-order valence-electron chi connectivity index (χ3n) is 7.62. The van der Waals surface area contributed by atoms with Crippen LogP contribution in [0.1, 0.15) is 16.7 Å². The lowest BCUT2D eigenvalue weighted by Crippen LogP contribution is -2.53. The van der Waals surface area contributed by atoms with E-state index in [1.807, 2.05) is 19.0 Å². The largest absolute Gasteiger partial charge is 0.445 e. The molecule has 0 saturated carbocycles. The van der Waals surface area contributed by atoms with Crippen molar-refractivity contribution in [2.75, 3.05) is 17.2 Å². The Morgan fingerprint density at radius 3 is 1.67 bits per heavy atom. The van der Waals surface area contributed by atoms with Gasteiger partial charge in [-0.2, -0.15) is 24.9 Å². The molecule has 0 atom stereocenters. The molecule has 0 spiro atoms. The molecule has 7 aromatic rings. The van der Waals surface area contributed by atoms with E-state index in [9.17, 15) is 38.4 Å². The fourth-order valence-electron chi connectivity index (χ4n) is 4.18. The lowest BCUT2D eigenvalue weighted by Gasteiger charge is -1.99. The summed E-state index contributed by atoms with van der Waals surface area (Å²) in [5.74, 6) is 0.796. The van der Waals surface area contributed by atoms with E-state index in [-0.39, 0.29) is 28.4 Å². The van der Waals surface area contributed by atoms with Crippen molar-refractivity contribution in [3.8, 4) is 0 Å². The first-order chi connectivity index (χ1) is 28.3. The topological polar surface area (TPSA) is 378 Å². The number of fused-ring (bicyclic) bond motifs is 1. The quantitative estimate of drug-likeness (QED) is 0.0523. The Bertz CT molecular complexity index is 2940. The Morgan fingerprint density at radius 2 is 1.15 bits per heavy atom. The van der Waals surface area contributed by atoms with Gasteiger partial charge in [-0.3, -0.25) is 19.6 Å². The molecule has 0 aliphatic heterocycles. The molecule has 0 radical (unpaired) electrons. The van der Waals surface area contributed by atoms with E-state index in [0.29, 0.717) is 38.7 Å². The monoisotopic (exact) mass is 869 g/mol. The van der Waals surface area contributed by atoms with E-state index in [1.54, 1.807) is 76.9 Å². The van der Waals surface area contributed by atoms with Crippen LogP contribution in [0.2, 0.25) is 0 Å². The van der Waals surface area contributed by atoms with Gasteiger partial charge >= 0.3 is 34.1 Å². The third-order valence-corrected chi connectivity index (χ3v) is 8.01. The molecule has 0 amide bonds. The van der Waals surface area contributed by atoms with E-state index in [4.69, 9.17) is 29.4 Å². The van der Waals surface area contributed by atoms with Crippen molar-refractivity contribution in [1.29, 1.82) is 0 Å². The van der Waals surface area contributed by atoms with Crippen molar-refractivity contribution in [2.45, 2.75) is 20.8 Å². The minimum absolute atomic E-state index is 0.108. The molecule has 11 N–H and O–H groups in total. The molecule has 0 aliphatic rings. The number of rotatable bonds is 0. The van der Waals surface area contributed by atoms with E-state index in [1.165, 1.54) is 48.7 Å². The van der Waals surface area contributed by atoms with Crippen molar-refractivity contribution in [3.63, 3.8) is 0 Å². The maximum Gasteiger partial charge on any atom is 0.445 e. The third kappa shape index (κ3) is 14.6. The molecule has 0 saturated heterocycles. The lowest BCUT2D eigenvalue weighted by atomic mass is 10.3. The van der Waals surface area contributed by atoms with Gasteiger partial charge in [-0.25, -0.2) is 52.4 Å². The number of aryl methyl sites for hydroxylation is 10.